The second kappa shape index (κ2) is 4.24. The number of nitriles is 1. The third-order valence-corrected chi connectivity index (χ3v) is 2.71. The average molecular weight is 210 g/mol. The average Bonchev–Trinajstić information content (AvgIpc) is 2.69. The fourth-order valence-corrected chi connectivity index (χ4v) is 1.83. The molecule has 1 heterocycles. The molecule has 0 radical (unpaired) electrons. The molecule has 2 heteroatoms. The predicted octanol–water partition coefficient (Wildman–Crippen LogP) is 3.48. The summed E-state index contributed by atoms with van der Waals surface area (Å²) in [5.41, 5.74) is 3.05. The number of aromatic nitrogens is 1. The molecule has 0 saturated carbocycles. The van der Waals surface area contributed by atoms with Gasteiger partial charge in [-0.1, -0.05) is 11.6 Å². The number of aryl methyl sites for hydroxylation is 1. The zero-order valence-electron chi connectivity index (χ0n) is 9.40. The molecular formula is C14H14N2. The van der Waals surface area contributed by atoms with Crippen molar-refractivity contribution in [2.45, 2.75) is 19.9 Å². The number of nitrogens with zero attached hydrogens (tertiary/aromatic N) is 2. The minimum Gasteiger partial charge on any atom is -0.347 e. The van der Waals surface area contributed by atoms with Gasteiger partial charge < -0.3 is 4.57 Å². The summed E-state index contributed by atoms with van der Waals surface area (Å²) in [4.78, 5) is 0. The Hall–Kier alpha value is -2.01. The van der Waals surface area contributed by atoms with E-state index in [-0.39, 0.29) is 0 Å². The normalized spacial score (nSPS) is 10.2. The molecular weight excluding hydrogens is 196 g/mol. The zero-order valence-corrected chi connectivity index (χ0v) is 9.40. The van der Waals surface area contributed by atoms with Crippen LogP contribution in [0.25, 0.3) is 10.9 Å². The van der Waals surface area contributed by atoms with Crippen LogP contribution < -0.4 is 0 Å². The molecule has 0 spiro atoms. The summed E-state index contributed by atoms with van der Waals surface area (Å²) in [5, 5.41) is 10.0. The highest BCUT2D eigenvalue weighted by Crippen LogP contribution is 2.20. The van der Waals surface area contributed by atoms with E-state index in [2.05, 4.69) is 23.3 Å². The molecule has 0 N–H and O–H groups in total. The number of rotatable bonds is 3. The van der Waals surface area contributed by atoms with Gasteiger partial charge >= 0.3 is 0 Å². The van der Waals surface area contributed by atoms with Crippen molar-refractivity contribution in [3.8, 4) is 6.07 Å². The van der Waals surface area contributed by atoms with Crippen molar-refractivity contribution in [3.63, 3.8) is 0 Å². The second-order valence-corrected chi connectivity index (χ2v) is 4.07. The summed E-state index contributed by atoms with van der Waals surface area (Å²) in [6.45, 7) is 6.86. The van der Waals surface area contributed by atoms with E-state index in [4.69, 9.17) is 5.26 Å². The van der Waals surface area contributed by atoms with E-state index in [1.54, 1.807) is 0 Å². The van der Waals surface area contributed by atoms with Gasteiger partial charge in [-0.25, -0.2) is 0 Å². The van der Waals surface area contributed by atoms with Gasteiger partial charge in [-0.15, -0.1) is 6.58 Å². The Bertz CT molecular complexity index is 570. The minimum absolute atomic E-state index is 0.742. The van der Waals surface area contributed by atoms with Gasteiger partial charge in [0.05, 0.1) is 11.6 Å². The standard InChI is InChI=1S/C14H14N2/c1-11(2)6-8-16-9-7-13-12(10-15)4-3-5-14(13)16/h3-5,7,9H,1,6,8H2,2H3. The van der Waals surface area contributed by atoms with Crippen molar-refractivity contribution in [3.05, 3.63) is 48.2 Å². The van der Waals surface area contributed by atoms with Crippen LogP contribution in [0.5, 0.6) is 0 Å². The van der Waals surface area contributed by atoms with Crippen LogP contribution in [0, 0.1) is 11.3 Å². The Morgan fingerprint density at radius 3 is 2.94 bits per heavy atom. The first-order chi connectivity index (χ1) is 7.72. The van der Waals surface area contributed by atoms with Crippen molar-refractivity contribution < 1.29 is 0 Å². The van der Waals surface area contributed by atoms with Crippen molar-refractivity contribution in [1.29, 1.82) is 5.26 Å². The third kappa shape index (κ3) is 1.85. The molecule has 2 rings (SSSR count). The molecule has 16 heavy (non-hydrogen) atoms. The second-order valence-electron chi connectivity index (χ2n) is 4.07. The maximum absolute atomic E-state index is 8.99. The molecule has 0 aliphatic carbocycles. The third-order valence-electron chi connectivity index (χ3n) is 2.71. The van der Waals surface area contributed by atoms with Crippen LogP contribution in [0.4, 0.5) is 0 Å². The lowest BCUT2D eigenvalue weighted by Gasteiger charge is -2.05. The molecule has 0 unspecified atom stereocenters. The predicted molar refractivity (Wildman–Crippen MR) is 66.1 cm³/mol. The minimum atomic E-state index is 0.742. The Morgan fingerprint density at radius 2 is 2.25 bits per heavy atom. The van der Waals surface area contributed by atoms with Gasteiger partial charge in [0, 0.05) is 23.6 Å². The quantitative estimate of drug-likeness (QED) is 0.713. The summed E-state index contributed by atoms with van der Waals surface area (Å²) in [6.07, 6.45) is 3.01. The zero-order chi connectivity index (χ0) is 11.5. The Balaban J connectivity index is 2.42. The topological polar surface area (TPSA) is 28.7 Å². The maximum atomic E-state index is 8.99. The molecule has 0 saturated heterocycles. The van der Waals surface area contributed by atoms with Crippen molar-refractivity contribution in [2.75, 3.05) is 0 Å². The van der Waals surface area contributed by atoms with Gasteiger partial charge in [0.25, 0.3) is 0 Å². The highest BCUT2D eigenvalue weighted by molar-refractivity contribution is 5.85. The molecule has 0 aliphatic rings. The Labute approximate surface area is 95.4 Å². The first-order valence-corrected chi connectivity index (χ1v) is 5.34. The highest BCUT2D eigenvalue weighted by atomic mass is 14.9. The van der Waals surface area contributed by atoms with Gasteiger partial charge in [-0.3, -0.25) is 0 Å². The van der Waals surface area contributed by atoms with E-state index >= 15 is 0 Å². The largest absolute Gasteiger partial charge is 0.347 e. The Kier molecular flexibility index (Phi) is 2.78. The number of hydrogen-bond acceptors (Lipinski definition) is 1. The van der Waals surface area contributed by atoms with E-state index in [0.717, 1.165) is 29.4 Å². The molecule has 0 bridgehead atoms. The molecule has 0 aliphatic heterocycles. The van der Waals surface area contributed by atoms with Crippen molar-refractivity contribution in [1.82, 2.24) is 4.57 Å². The van der Waals surface area contributed by atoms with Crippen LogP contribution in [0.3, 0.4) is 0 Å². The fraction of sp³-hybridized carbons (Fsp3) is 0.214. The van der Waals surface area contributed by atoms with Gasteiger partial charge in [0.15, 0.2) is 0 Å². The molecule has 80 valence electrons. The smallest absolute Gasteiger partial charge is 0.0998 e. The van der Waals surface area contributed by atoms with Gasteiger partial charge in [-0.2, -0.15) is 5.26 Å². The molecule has 0 fully saturated rings. The van der Waals surface area contributed by atoms with Gasteiger partial charge in [-0.05, 0) is 31.5 Å². The van der Waals surface area contributed by atoms with E-state index in [9.17, 15) is 0 Å². The van der Waals surface area contributed by atoms with E-state index < -0.39 is 0 Å². The lowest BCUT2D eigenvalue weighted by atomic mass is 10.1. The summed E-state index contributed by atoms with van der Waals surface area (Å²) in [5.74, 6) is 0. The number of benzene rings is 1. The lowest BCUT2D eigenvalue weighted by Crippen LogP contribution is -1.96. The van der Waals surface area contributed by atoms with E-state index in [1.165, 1.54) is 5.57 Å². The first-order valence-electron chi connectivity index (χ1n) is 5.34. The van der Waals surface area contributed by atoms with Gasteiger partial charge in [0.2, 0.25) is 0 Å². The van der Waals surface area contributed by atoms with Crippen molar-refractivity contribution in [2.24, 2.45) is 0 Å². The van der Waals surface area contributed by atoms with Crippen LogP contribution >= 0.6 is 0 Å². The lowest BCUT2D eigenvalue weighted by molar-refractivity contribution is 0.719. The molecule has 0 atom stereocenters. The van der Waals surface area contributed by atoms with Crippen LogP contribution in [0.15, 0.2) is 42.6 Å². The maximum Gasteiger partial charge on any atom is 0.0998 e. The molecule has 2 aromatic rings. The first kappa shape index (κ1) is 10.5. The summed E-state index contributed by atoms with van der Waals surface area (Å²) >= 11 is 0. The number of allylic oxidation sites excluding steroid dienone is 1. The van der Waals surface area contributed by atoms with Crippen LogP contribution in [-0.4, -0.2) is 4.57 Å². The molecule has 2 nitrogen and oxygen atoms in total. The fourth-order valence-electron chi connectivity index (χ4n) is 1.83. The monoisotopic (exact) mass is 210 g/mol. The van der Waals surface area contributed by atoms with Crippen LogP contribution in [0.2, 0.25) is 0 Å². The molecule has 0 amide bonds. The molecule has 1 aromatic carbocycles. The SMILES string of the molecule is C=C(C)CCn1ccc2c(C#N)cccc21. The number of hydrogen-bond donors (Lipinski definition) is 0. The van der Waals surface area contributed by atoms with E-state index in [0.29, 0.717) is 0 Å². The van der Waals surface area contributed by atoms with Crippen LogP contribution in [-0.2, 0) is 6.54 Å². The van der Waals surface area contributed by atoms with Crippen molar-refractivity contribution >= 4 is 10.9 Å². The van der Waals surface area contributed by atoms with E-state index in [1.807, 2.05) is 31.3 Å². The number of fused-ring (bicyclic) bond motifs is 1. The summed E-state index contributed by atoms with van der Waals surface area (Å²) in [7, 11) is 0. The summed E-state index contributed by atoms with van der Waals surface area (Å²) < 4.78 is 2.17. The highest BCUT2D eigenvalue weighted by Gasteiger charge is 2.04. The van der Waals surface area contributed by atoms with Crippen LogP contribution in [0.1, 0.15) is 18.9 Å². The Morgan fingerprint density at radius 1 is 1.44 bits per heavy atom. The molecule has 1 aromatic heterocycles. The van der Waals surface area contributed by atoms with Gasteiger partial charge in [0.1, 0.15) is 0 Å². The summed E-state index contributed by atoms with van der Waals surface area (Å²) in [6, 6.07) is 10.1.